The van der Waals surface area contributed by atoms with E-state index >= 15 is 0 Å². The number of pyridine rings is 1. The average molecular weight is 451 g/mol. The highest BCUT2D eigenvalue weighted by Crippen LogP contribution is 2.29. The smallest absolute Gasteiger partial charge is 0.238 e. The largest absolute Gasteiger partial charge is 0.497 e. The second-order valence-electron chi connectivity index (χ2n) is 8.00. The second kappa shape index (κ2) is 9.91. The van der Waals surface area contributed by atoms with Crippen molar-refractivity contribution in [2.75, 3.05) is 57.2 Å². The number of carbonyl (C=O) groups is 1. The minimum Gasteiger partial charge on any atom is -0.497 e. The van der Waals surface area contributed by atoms with Gasteiger partial charge in [-0.15, -0.1) is 0 Å². The SMILES string of the molecule is COc1ccc(OC)c(NC(=O)CN2CCN(c3c(C)nn(-c4ccccn4)c3C)CC2)c1. The number of ether oxygens (including phenoxy) is 2. The zero-order valence-electron chi connectivity index (χ0n) is 19.5. The van der Waals surface area contributed by atoms with Crippen LogP contribution < -0.4 is 19.7 Å². The fourth-order valence-electron chi connectivity index (χ4n) is 4.23. The molecule has 0 saturated carbocycles. The van der Waals surface area contributed by atoms with Crippen molar-refractivity contribution in [2.45, 2.75) is 13.8 Å². The van der Waals surface area contributed by atoms with Gasteiger partial charge in [0.25, 0.3) is 0 Å². The van der Waals surface area contributed by atoms with Crippen LogP contribution in [0.1, 0.15) is 11.4 Å². The van der Waals surface area contributed by atoms with E-state index in [4.69, 9.17) is 14.6 Å². The molecule has 0 atom stereocenters. The highest BCUT2D eigenvalue weighted by molar-refractivity contribution is 5.94. The lowest BCUT2D eigenvalue weighted by Gasteiger charge is -2.35. The number of aryl methyl sites for hydroxylation is 1. The van der Waals surface area contributed by atoms with E-state index in [2.05, 4.69) is 27.0 Å². The maximum Gasteiger partial charge on any atom is 0.238 e. The molecule has 0 aliphatic carbocycles. The van der Waals surface area contributed by atoms with Gasteiger partial charge >= 0.3 is 0 Å². The summed E-state index contributed by atoms with van der Waals surface area (Å²) in [5.74, 6) is 2.00. The first kappa shape index (κ1) is 22.6. The van der Waals surface area contributed by atoms with Crippen molar-refractivity contribution in [3.63, 3.8) is 0 Å². The number of amides is 1. The van der Waals surface area contributed by atoms with E-state index in [0.29, 0.717) is 23.7 Å². The van der Waals surface area contributed by atoms with E-state index in [-0.39, 0.29) is 5.91 Å². The molecule has 0 radical (unpaired) electrons. The minimum absolute atomic E-state index is 0.0784. The Bertz CT molecular complexity index is 1110. The summed E-state index contributed by atoms with van der Waals surface area (Å²) >= 11 is 0. The number of rotatable bonds is 7. The van der Waals surface area contributed by atoms with Crippen molar-refractivity contribution >= 4 is 17.3 Å². The molecule has 1 N–H and O–H groups in total. The normalized spacial score (nSPS) is 14.2. The zero-order chi connectivity index (χ0) is 23.4. The van der Waals surface area contributed by atoms with Crippen LogP contribution in [0.4, 0.5) is 11.4 Å². The van der Waals surface area contributed by atoms with Gasteiger partial charge < -0.3 is 19.7 Å². The lowest BCUT2D eigenvalue weighted by atomic mass is 10.2. The molecule has 1 amide bonds. The molecule has 0 bridgehead atoms. The molecule has 1 saturated heterocycles. The molecule has 1 aliphatic heterocycles. The zero-order valence-corrected chi connectivity index (χ0v) is 19.5. The van der Waals surface area contributed by atoms with Gasteiger partial charge in [0.15, 0.2) is 5.82 Å². The van der Waals surface area contributed by atoms with Gasteiger partial charge in [0, 0.05) is 38.4 Å². The number of hydrogen-bond acceptors (Lipinski definition) is 7. The van der Waals surface area contributed by atoms with Crippen LogP contribution in [-0.4, -0.2) is 72.5 Å². The van der Waals surface area contributed by atoms with Crippen LogP contribution in [0, 0.1) is 13.8 Å². The van der Waals surface area contributed by atoms with Crippen LogP contribution in [0.3, 0.4) is 0 Å². The van der Waals surface area contributed by atoms with Gasteiger partial charge in [-0.1, -0.05) is 6.07 Å². The molecule has 174 valence electrons. The van der Waals surface area contributed by atoms with Crippen LogP contribution in [0.25, 0.3) is 5.82 Å². The first-order valence-electron chi connectivity index (χ1n) is 11.0. The summed E-state index contributed by atoms with van der Waals surface area (Å²) in [6, 6.07) is 11.2. The van der Waals surface area contributed by atoms with E-state index in [1.807, 2.05) is 29.8 Å². The summed E-state index contributed by atoms with van der Waals surface area (Å²) in [7, 11) is 3.17. The number of nitrogens with one attached hydrogen (secondary N) is 1. The average Bonchev–Trinajstić information content (AvgIpc) is 3.13. The van der Waals surface area contributed by atoms with Crippen LogP contribution in [0.2, 0.25) is 0 Å². The lowest BCUT2D eigenvalue weighted by molar-refractivity contribution is -0.117. The minimum atomic E-state index is -0.0784. The van der Waals surface area contributed by atoms with Crippen molar-refractivity contribution < 1.29 is 14.3 Å². The first-order valence-corrected chi connectivity index (χ1v) is 11.0. The Morgan fingerprint density at radius 3 is 2.52 bits per heavy atom. The molecule has 0 unspecified atom stereocenters. The summed E-state index contributed by atoms with van der Waals surface area (Å²) in [4.78, 5) is 21.6. The van der Waals surface area contributed by atoms with Crippen LogP contribution >= 0.6 is 0 Å². The number of hydrogen-bond donors (Lipinski definition) is 1. The van der Waals surface area contributed by atoms with Gasteiger partial charge in [-0.05, 0) is 38.1 Å². The summed E-state index contributed by atoms with van der Waals surface area (Å²) in [6.45, 7) is 7.65. The number of nitrogens with zero attached hydrogens (tertiary/aromatic N) is 5. The summed E-state index contributed by atoms with van der Waals surface area (Å²) in [6.07, 6.45) is 1.77. The molecular formula is C24H30N6O3. The number of benzene rings is 1. The van der Waals surface area contributed by atoms with Crippen molar-refractivity contribution in [1.82, 2.24) is 19.7 Å². The van der Waals surface area contributed by atoms with E-state index in [1.165, 1.54) is 0 Å². The molecule has 2 aromatic heterocycles. The van der Waals surface area contributed by atoms with Crippen molar-refractivity contribution in [3.8, 4) is 17.3 Å². The van der Waals surface area contributed by atoms with E-state index in [1.54, 1.807) is 38.6 Å². The highest BCUT2D eigenvalue weighted by Gasteiger charge is 2.24. The van der Waals surface area contributed by atoms with Crippen LogP contribution in [0.15, 0.2) is 42.6 Å². The molecular weight excluding hydrogens is 420 g/mol. The Morgan fingerprint density at radius 2 is 1.85 bits per heavy atom. The molecule has 1 fully saturated rings. The quantitative estimate of drug-likeness (QED) is 0.592. The molecule has 33 heavy (non-hydrogen) atoms. The third-order valence-corrected chi connectivity index (χ3v) is 5.86. The van der Waals surface area contributed by atoms with Crippen molar-refractivity contribution in [3.05, 3.63) is 54.0 Å². The number of anilines is 2. The van der Waals surface area contributed by atoms with Crippen LogP contribution in [0.5, 0.6) is 11.5 Å². The van der Waals surface area contributed by atoms with Gasteiger partial charge in [0.05, 0.1) is 43.5 Å². The van der Waals surface area contributed by atoms with Gasteiger partial charge in [-0.2, -0.15) is 5.10 Å². The summed E-state index contributed by atoms with van der Waals surface area (Å²) in [5, 5.41) is 7.66. The monoisotopic (exact) mass is 450 g/mol. The molecule has 9 nitrogen and oxygen atoms in total. The van der Waals surface area contributed by atoms with E-state index in [9.17, 15) is 4.79 Å². The predicted molar refractivity (Wildman–Crippen MR) is 128 cm³/mol. The second-order valence-corrected chi connectivity index (χ2v) is 8.00. The van der Waals surface area contributed by atoms with E-state index in [0.717, 1.165) is 49.1 Å². The Labute approximate surface area is 193 Å². The molecule has 4 rings (SSSR count). The number of methoxy groups -OCH3 is 2. The molecule has 3 aromatic rings. The first-order chi connectivity index (χ1) is 16.0. The third kappa shape index (κ3) is 4.93. The molecule has 1 aliphatic rings. The van der Waals surface area contributed by atoms with Gasteiger partial charge in [0.2, 0.25) is 5.91 Å². The van der Waals surface area contributed by atoms with Gasteiger partial charge in [0.1, 0.15) is 11.5 Å². The Balaban J connectivity index is 1.37. The Morgan fingerprint density at radius 1 is 1.06 bits per heavy atom. The molecule has 1 aromatic carbocycles. The molecule has 9 heteroatoms. The van der Waals surface area contributed by atoms with Crippen molar-refractivity contribution in [2.24, 2.45) is 0 Å². The topological polar surface area (TPSA) is 84.8 Å². The summed E-state index contributed by atoms with van der Waals surface area (Å²) in [5.41, 5.74) is 3.80. The molecule has 3 heterocycles. The fraction of sp³-hybridized carbons (Fsp3) is 0.375. The van der Waals surface area contributed by atoms with Crippen molar-refractivity contribution in [1.29, 1.82) is 0 Å². The van der Waals surface area contributed by atoms with Gasteiger partial charge in [-0.3, -0.25) is 9.69 Å². The highest BCUT2D eigenvalue weighted by atomic mass is 16.5. The Hall–Kier alpha value is -3.59. The number of carbonyl (C=O) groups excluding carboxylic acids is 1. The Kier molecular flexibility index (Phi) is 6.79. The van der Waals surface area contributed by atoms with E-state index < -0.39 is 0 Å². The lowest BCUT2D eigenvalue weighted by Crippen LogP contribution is -2.49. The van der Waals surface area contributed by atoms with Gasteiger partial charge in [-0.25, -0.2) is 9.67 Å². The van der Waals surface area contributed by atoms with Crippen LogP contribution in [-0.2, 0) is 4.79 Å². The number of piperazine rings is 1. The maximum atomic E-state index is 12.7. The fourth-order valence-corrected chi connectivity index (χ4v) is 4.23. The number of aromatic nitrogens is 3. The predicted octanol–water partition coefficient (Wildman–Crippen LogP) is 2.66. The maximum absolute atomic E-state index is 12.7. The summed E-state index contributed by atoms with van der Waals surface area (Å²) < 4.78 is 12.5. The standard InChI is InChI=1S/C24H30N6O3/c1-17-24(18(2)30(27-17)22-7-5-6-10-25-22)29-13-11-28(12-14-29)16-23(31)26-20-15-19(32-3)8-9-21(20)33-4/h5-10,15H,11-14,16H2,1-4H3,(H,26,31). The third-order valence-electron chi connectivity index (χ3n) is 5.86. The molecule has 0 spiro atoms.